The van der Waals surface area contributed by atoms with Gasteiger partial charge in [0, 0.05) is 71.2 Å². The quantitative estimate of drug-likeness (QED) is 0.311. The number of hydrogen-bond donors (Lipinski definition) is 1. The van der Waals surface area contributed by atoms with Crippen molar-refractivity contribution in [3.63, 3.8) is 0 Å². The molecule has 1 N–H and O–H groups in total. The molecule has 0 amide bonds. The molecule has 0 rings (SSSR count). The molecule has 0 aromatic carbocycles. The fraction of sp³-hybridized carbons (Fsp3) is 0. The van der Waals surface area contributed by atoms with Crippen molar-refractivity contribution in [3.8, 4) is 0 Å². The van der Waals surface area contributed by atoms with Gasteiger partial charge >= 0.3 is 23.0 Å². The summed E-state index contributed by atoms with van der Waals surface area (Å²) in [6.45, 7) is 0. The summed E-state index contributed by atoms with van der Waals surface area (Å²) < 4.78 is 0. The number of aliphatic carboxylic acids is 2. The van der Waals surface area contributed by atoms with E-state index in [-0.39, 0.29) is 71.2 Å². The topological polar surface area (TPSA) is 150 Å². The van der Waals surface area contributed by atoms with Crippen molar-refractivity contribution in [1.82, 2.24) is 0 Å². The smallest absolute Gasteiger partial charge is 0.498 e. The molecular formula is C4HLa2NO9. The van der Waals surface area contributed by atoms with E-state index >= 15 is 0 Å². The Bertz CT molecular complexity index is 295. The number of carboxylic acids is 2. The average Bonchev–Trinajstić information content (AvgIpc) is 2.03. The van der Waals surface area contributed by atoms with Crippen molar-refractivity contribution in [1.29, 1.82) is 0 Å². The van der Waals surface area contributed by atoms with Gasteiger partial charge in [0.25, 0.3) is 0 Å². The van der Waals surface area contributed by atoms with E-state index in [0.29, 0.717) is 0 Å². The predicted octanol–water partition coefficient (Wildman–Crippen LogP) is -3.48. The summed E-state index contributed by atoms with van der Waals surface area (Å²) in [4.78, 5) is 56.1. The first-order valence-corrected chi connectivity index (χ1v) is 2.70. The third-order valence-corrected chi connectivity index (χ3v) is 0.656. The zero-order valence-electron chi connectivity index (χ0n) is 7.32. The van der Waals surface area contributed by atoms with Crippen LogP contribution in [-0.4, -0.2) is 34.1 Å². The van der Waals surface area contributed by atoms with Gasteiger partial charge in [-0.05, 0) is 0 Å². The van der Waals surface area contributed by atoms with Crippen molar-refractivity contribution in [2.75, 3.05) is 0 Å². The SMILES string of the molecule is O=C([O-])C(=O)O[N+](=O)OC(=O)C(=O)O.[La].[La]. The van der Waals surface area contributed by atoms with Crippen molar-refractivity contribution >= 4 is 23.9 Å². The van der Waals surface area contributed by atoms with Crippen LogP contribution in [-0.2, 0) is 28.9 Å². The molecule has 12 heteroatoms. The van der Waals surface area contributed by atoms with Gasteiger partial charge in [0.1, 0.15) is 4.91 Å². The van der Waals surface area contributed by atoms with Crippen LogP contribution in [0.3, 0.4) is 0 Å². The summed E-state index contributed by atoms with van der Waals surface area (Å²) in [6, 6.07) is 0. The third kappa shape index (κ3) is 9.12. The van der Waals surface area contributed by atoms with E-state index in [0.717, 1.165) is 0 Å². The molecule has 0 atom stereocenters. The number of rotatable bonds is 2. The van der Waals surface area contributed by atoms with E-state index in [1.54, 1.807) is 0 Å². The van der Waals surface area contributed by atoms with Gasteiger partial charge < -0.3 is 15.0 Å². The van der Waals surface area contributed by atoms with Crippen molar-refractivity contribution in [2.24, 2.45) is 0 Å². The monoisotopic (exact) mass is 485 g/mol. The Kier molecular flexibility index (Phi) is 13.3. The molecule has 0 saturated heterocycles. The fourth-order valence-electron chi connectivity index (χ4n) is 0.230. The Labute approximate surface area is 142 Å². The first kappa shape index (κ1) is 21.2. The zero-order valence-corrected chi connectivity index (χ0v) is 14.6. The molecule has 0 aliphatic rings. The van der Waals surface area contributed by atoms with E-state index in [4.69, 9.17) is 5.11 Å². The minimum atomic E-state index is -2.36. The molecule has 0 heterocycles. The largest absolute Gasteiger partial charge is 0.539 e. The molecular weight excluding hydrogens is 484 g/mol. The van der Waals surface area contributed by atoms with E-state index < -0.39 is 29.0 Å². The first-order valence-electron chi connectivity index (χ1n) is 2.70. The van der Waals surface area contributed by atoms with E-state index in [1.165, 1.54) is 0 Å². The second kappa shape index (κ2) is 10.1. The third-order valence-electron chi connectivity index (χ3n) is 0.656. The van der Waals surface area contributed by atoms with Crippen LogP contribution in [0.5, 0.6) is 0 Å². The summed E-state index contributed by atoms with van der Waals surface area (Å²) in [7, 11) is 0. The van der Waals surface area contributed by atoms with Crippen molar-refractivity contribution in [2.45, 2.75) is 0 Å². The van der Waals surface area contributed by atoms with Gasteiger partial charge in [0.05, 0.1) is 0 Å². The van der Waals surface area contributed by atoms with Crippen molar-refractivity contribution in [3.05, 3.63) is 4.91 Å². The zero-order chi connectivity index (χ0) is 11.3. The van der Waals surface area contributed by atoms with Gasteiger partial charge in [-0.15, -0.1) is 0 Å². The second-order valence-corrected chi connectivity index (χ2v) is 1.57. The summed E-state index contributed by atoms with van der Waals surface area (Å²) in [6.07, 6.45) is 0. The molecule has 0 aromatic rings. The fourth-order valence-corrected chi connectivity index (χ4v) is 0.230. The minimum Gasteiger partial charge on any atom is -0.539 e. The van der Waals surface area contributed by atoms with Crippen LogP contribution in [0.25, 0.3) is 0 Å². The standard InChI is InChI=1S/C4HNO9.2La/c6-1(7)3(10)13-5(12)14-4(11)2(8)9;;/h(H-,6,7,8,9);;. The van der Waals surface area contributed by atoms with E-state index in [1.807, 2.05) is 0 Å². The maximum atomic E-state index is 10.1. The molecule has 2 radical (unpaired) electrons. The maximum absolute atomic E-state index is 10.1. The predicted molar refractivity (Wildman–Crippen MR) is 28.5 cm³/mol. The normalized spacial score (nSPS) is 7.50. The average molecular weight is 485 g/mol. The molecule has 0 bridgehead atoms. The molecule has 0 spiro atoms. The van der Waals surface area contributed by atoms with Gasteiger partial charge in [-0.25, -0.2) is 14.4 Å². The van der Waals surface area contributed by atoms with Gasteiger partial charge in [0.15, 0.2) is 5.97 Å². The van der Waals surface area contributed by atoms with Crippen molar-refractivity contribution < 1.29 is 115 Å². The van der Waals surface area contributed by atoms with Crippen LogP contribution in [0.4, 0.5) is 0 Å². The summed E-state index contributed by atoms with van der Waals surface area (Å²) in [5, 5.41) is 16.2. The number of hydrogen-bond acceptors (Lipinski definition) is 8. The molecule has 0 aromatic heterocycles. The number of carboxylic acid groups (broad SMARTS) is 2. The van der Waals surface area contributed by atoms with Gasteiger partial charge in [-0.2, -0.15) is 0 Å². The molecule has 0 saturated carbocycles. The summed E-state index contributed by atoms with van der Waals surface area (Å²) in [5.74, 6) is -8.68. The Hall–Kier alpha value is -0.130. The molecule has 0 unspecified atom stereocenters. The molecule has 16 heavy (non-hydrogen) atoms. The summed E-state index contributed by atoms with van der Waals surface area (Å²) >= 11 is 0. The van der Waals surface area contributed by atoms with E-state index in [9.17, 15) is 29.2 Å². The Morgan fingerprint density at radius 3 is 1.69 bits per heavy atom. The first-order chi connectivity index (χ1) is 6.34. The van der Waals surface area contributed by atoms with Crippen LogP contribution in [0.15, 0.2) is 0 Å². The van der Waals surface area contributed by atoms with E-state index in [2.05, 4.69) is 9.68 Å². The van der Waals surface area contributed by atoms with Gasteiger partial charge in [-0.1, -0.05) is 9.68 Å². The van der Waals surface area contributed by atoms with Crippen LogP contribution in [0.1, 0.15) is 0 Å². The van der Waals surface area contributed by atoms with Crippen LogP contribution >= 0.6 is 0 Å². The number of carbonyl (C=O) groups excluding carboxylic acids is 3. The Balaban J connectivity index is -0.000000845. The summed E-state index contributed by atoms with van der Waals surface area (Å²) in [5.41, 5.74) is 0. The number of nitrogens with zero attached hydrogens (tertiary/aromatic N) is 1. The molecule has 82 valence electrons. The molecule has 10 nitrogen and oxygen atoms in total. The van der Waals surface area contributed by atoms with Crippen LogP contribution in [0, 0.1) is 76.1 Å². The van der Waals surface area contributed by atoms with Crippen LogP contribution in [0.2, 0.25) is 0 Å². The Morgan fingerprint density at radius 2 is 1.38 bits per heavy atom. The molecule has 0 fully saturated rings. The minimum absolute atomic E-state index is 0. The molecule has 0 aliphatic carbocycles. The van der Waals surface area contributed by atoms with Crippen LogP contribution < -0.4 is 5.11 Å². The Morgan fingerprint density at radius 1 is 1.00 bits per heavy atom. The maximum Gasteiger partial charge on any atom is 0.498 e. The second-order valence-electron chi connectivity index (χ2n) is 1.57. The molecule has 0 aliphatic heterocycles. The number of carbonyl (C=O) groups is 4. The van der Waals surface area contributed by atoms with Gasteiger partial charge in [-0.3, -0.25) is 0 Å². The van der Waals surface area contributed by atoms with Gasteiger partial charge in [0.2, 0.25) is 0 Å².